The smallest absolute Gasteiger partial charge is 0.160 e. The van der Waals surface area contributed by atoms with E-state index in [-0.39, 0.29) is 0 Å². The molecule has 7 heteroatoms. The molecule has 0 aliphatic heterocycles. The van der Waals surface area contributed by atoms with Gasteiger partial charge in [0.25, 0.3) is 0 Å². The van der Waals surface area contributed by atoms with Crippen molar-refractivity contribution in [3.63, 3.8) is 0 Å². The number of fused-ring (bicyclic) bond motifs is 1. The minimum atomic E-state index is 0.352. The Kier molecular flexibility index (Phi) is 3.28. The fraction of sp³-hybridized carbons (Fsp3) is 0.500. The van der Waals surface area contributed by atoms with Crippen LogP contribution in [0.25, 0.3) is 11.0 Å². The van der Waals surface area contributed by atoms with E-state index in [1.807, 2.05) is 17.1 Å². The highest BCUT2D eigenvalue weighted by atomic mass is 15.3. The fourth-order valence-corrected chi connectivity index (χ4v) is 2.54. The van der Waals surface area contributed by atoms with Gasteiger partial charge in [0.05, 0.1) is 24.1 Å². The van der Waals surface area contributed by atoms with E-state index in [1.54, 1.807) is 6.20 Å². The first-order valence-corrected chi connectivity index (χ1v) is 8.14. The largest absolute Gasteiger partial charge is 0.336 e. The monoisotopic (exact) mass is 311 g/mol. The molecule has 2 N–H and O–H groups in total. The Morgan fingerprint density at radius 3 is 2.78 bits per heavy atom. The van der Waals surface area contributed by atoms with E-state index in [1.165, 1.54) is 12.8 Å². The molecule has 0 saturated heterocycles. The number of H-pyrrole nitrogens is 1. The molecule has 0 aromatic carbocycles. The highest BCUT2D eigenvalue weighted by Gasteiger charge is 2.28. The standard InChI is InChI=1S/C16H21N7/c1-9(2)10(3)23-8-12(6-18-23)19-16-14-13(7-17-22-14)20-15(21-16)11-4-5-11/h6-11H,4-5H2,1-3H3,(H,17,22)(H,19,20,21). The summed E-state index contributed by atoms with van der Waals surface area (Å²) in [5.74, 6) is 2.71. The zero-order chi connectivity index (χ0) is 16.0. The van der Waals surface area contributed by atoms with Crippen molar-refractivity contribution in [1.82, 2.24) is 29.9 Å². The molecule has 0 amide bonds. The van der Waals surface area contributed by atoms with Gasteiger partial charge in [-0.25, -0.2) is 9.97 Å². The van der Waals surface area contributed by atoms with Gasteiger partial charge in [-0.15, -0.1) is 0 Å². The lowest BCUT2D eigenvalue weighted by Crippen LogP contribution is -2.11. The highest BCUT2D eigenvalue weighted by Crippen LogP contribution is 2.39. The molecular formula is C16H21N7. The van der Waals surface area contributed by atoms with Crippen LogP contribution >= 0.6 is 0 Å². The van der Waals surface area contributed by atoms with Gasteiger partial charge in [-0.2, -0.15) is 10.2 Å². The van der Waals surface area contributed by atoms with Crippen LogP contribution in [0.5, 0.6) is 0 Å². The quantitative estimate of drug-likeness (QED) is 0.754. The van der Waals surface area contributed by atoms with E-state index in [2.05, 4.69) is 51.4 Å². The lowest BCUT2D eigenvalue weighted by atomic mass is 10.1. The van der Waals surface area contributed by atoms with Crippen molar-refractivity contribution in [2.75, 3.05) is 5.32 Å². The summed E-state index contributed by atoms with van der Waals surface area (Å²) in [6.45, 7) is 6.56. The van der Waals surface area contributed by atoms with Crippen LogP contribution in [0.2, 0.25) is 0 Å². The molecule has 0 radical (unpaired) electrons. The molecule has 1 fully saturated rings. The average Bonchev–Trinajstić information content (AvgIpc) is 3.09. The van der Waals surface area contributed by atoms with Crippen molar-refractivity contribution in [1.29, 1.82) is 0 Å². The second kappa shape index (κ2) is 5.33. The summed E-state index contributed by atoms with van der Waals surface area (Å²) in [4.78, 5) is 9.28. The molecule has 4 rings (SSSR count). The SMILES string of the molecule is CC(C)C(C)n1cc(Nc2nc(C3CC3)nc3cn[nH]c23)cn1. The van der Waals surface area contributed by atoms with Crippen molar-refractivity contribution < 1.29 is 0 Å². The van der Waals surface area contributed by atoms with E-state index in [0.29, 0.717) is 17.9 Å². The third kappa shape index (κ3) is 2.67. The number of hydrogen-bond acceptors (Lipinski definition) is 5. The van der Waals surface area contributed by atoms with E-state index in [4.69, 9.17) is 0 Å². The Morgan fingerprint density at radius 1 is 1.22 bits per heavy atom. The summed E-state index contributed by atoms with van der Waals surface area (Å²) >= 11 is 0. The summed E-state index contributed by atoms with van der Waals surface area (Å²) in [7, 11) is 0. The van der Waals surface area contributed by atoms with Gasteiger partial charge in [-0.3, -0.25) is 9.78 Å². The van der Waals surface area contributed by atoms with Crippen LogP contribution in [-0.4, -0.2) is 29.9 Å². The third-order valence-electron chi connectivity index (χ3n) is 4.51. The predicted molar refractivity (Wildman–Crippen MR) is 88.7 cm³/mol. The Labute approximate surface area is 134 Å². The molecule has 1 saturated carbocycles. The molecule has 1 atom stereocenters. The minimum absolute atomic E-state index is 0.352. The van der Waals surface area contributed by atoms with Crippen molar-refractivity contribution in [2.45, 2.75) is 45.6 Å². The lowest BCUT2D eigenvalue weighted by molar-refractivity contribution is 0.375. The van der Waals surface area contributed by atoms with Crippen LogP contribution in [0.4, 0.5) is 11.5 Å². The van der Waals surface area contributed by atoms with Crippen LogP contribution in [0.1, 0.15) is 51.4 Å². The number of nitrogens with one attached hydrogen (secondary N) is 2. The maximum absolute atomic E-state index is 4.69. The Balaban J connectivity index is 1.66. The van der Waals surface area contributed by atoms with Gasteiger partial charge < -0.3 is 5.32 Å². The number of aromatic nitrogens is 6. The van der Waals surface area contributed by atoms with E-state index < -0.39 is 0 Å². The van der Waals surface area contributed by atoms with E-state index in [9.17, 15) is 0 Å². The molecule has 3 aromatic heterocycles. The van der Waals surface area contributed by atoms with Gasteiger partial charge in [-0.1, -0.05) is 13.8 Å². The normalized spacial score (nSPS) is 16.2. The van der Waals surface area contributed by atoms with Crippen LogP contribution < -0.4 is 5.32 Å². The van der Waals surface area contributed by atoms with Gasteiger partial charge in [0.2, 0.25) is 0 Å². The molecule has 0 spiro atoms. The molecule has 23 heavy (non-hydrogen) atoms. The van der Waals surface area contributed by atoms with Crippen molar-refractivity contribution >= 4 is 22.5 Å². The maximum Gasteiger partial charge on any atom is 0.160 e. The topological polar surface area (TPSA) is 84.3 Å². The summed E-state index contributed by atoms with van der Waals surface area (Å²) < 4.78 is 1.99. The lowest BCUT2D eigenvalue weighted by Gasteiger charge is -2.15. The second-order valence-corrected chi connectivity index (χ2v) is 6.65. The summed E-state index contributed by atoms with van der Waals surface area (Å²) in [6.07, 6.45) is 7.95. The third-order valence-corrected chi connectivity index (χ3v) is 4.51. The van der Waals surface area contributed by atoms with Crippen molar-refractivity contribution in [3.05, 3.63) is 24.4 Å². The van der Waals surface area contributed by atoms with Gasteiger partial charge in [0, 0.05) is 12.1 Å². The van der Waals surface area contributed by atoms with Crippen LogP contribution in [0, 0.1) is 5.92 Å². The van der Waals surface area contributed by atoms with Gasteiger partial charge in [0.15, 0.2) is 5.82 Å². The Morgan fingerprint density at radius 2 is 2.04 bits per heavy atom. The summed E-state index contributed by atoms with van der Waals surface area (Å²) in [5, 5.41) is 14.9. The number of rotatable bonds is 5. The van der Waals surface area contributed by atoms with Crippen LogP contribution in [0.15, 0.2) is 18.6 Å². The molecule has 0 bridgehead atoms. The zero-order valence-corrected chi connectivity index (χ0v) is 13.6. The molecule has 1 unspecified atom stereocenters. The van der Waals surface area contributed by atoms with Crippen LogP contribution in [0.3, 0.4) is 0 Å². The molecule has 1 aliphatic rings. The number of hydrogen-bond donors (Lipinski definition) is 2. The van der Waals surface area contributed by atoms with E-state index >= 15 is 0 Å². The highest BCUT2D eigenvalue weighted by molar-refractivity contribution is 5.86. The number of anilines is 2. The van der Waals surface area contributed by atoms with E-state index in [0.717, 1.165) is 28.4 Å². The number of nitrogens with zero attached hydrogens (tertiary/aromatic N) is 5. The van der Waals surface area contributed by atoms with Crippen molar-refractivity contribution in [3.8, 4) is 0 Å². The first kappa shape index (κ1) is 14.2. The van der Waals surface area contributed by atoms with Gasteiger partial charge >= 0.3 is 0 Å². The Hall–Kier alpha value is -2.44. The van der Waals surface area contributed by atoms with Crippen molar-refractivity contribution in [2.24, 2.45) is 5.92 Å². The first-order chi connectivity index (χ1) is 11.1. The minimum Gasteiger partial charge on any atom is -0.336 e. The molecule has 3 aromatic rings. The Bertz CT molecular complexity index is 828. The second-order valence-electron chi connectivity index (χ2n) is 6.65. The zero-order valence-electron chi connectivity index (χ0n) is 13.6. The summed E-state index contributed by atoms with van der Waals surface area (Å²) in [6, 6.07) is 0.352. The van der Waals surface area contributed by atoms with Crippen LogP contribution in [-0.2, 0) is 0 Å². The van der Waals surface area contributed by atoms with Gasteiger partial charge in [-0.05, 0) is 25.7 Å². The molecule has 120 valence electrons. The first-order valence-electron chi connectivity index (χ1n) is 8.14. The molecule has 3 heterocycles. The summed E-state index contributed by atoms with van der Waals surface area (Å²) in [5.41, 5.74) is 2.61. The average molecular weight is 311 g/mol. The predicted octanol–water partition coefficient (Wildman–Crippen LogP) is 3.39. The number of aromatic amines is 1. The van der Waals surface area contributed by atoms with Gasteiger partial charge in [0.1, 0.15) is 16.9 Å². The molecule has 7 nitrogen and oxygen atoms in total. The molecular weight excluding hydrogens is 290 g/mol. The maximum atomic E-state index is 4.69. The molecule has 1 aliphatic carbocycles. The fourth-order valence-electron chi connectivity index (χ4n) is 2.54.